The van der Waals surface area contributed by atoms with Crippen LogP contribution in [0.3, 0.4) is 0 Å². The molecule has 0 aliphatic rings. The van der Waals surface area contributed by atoms with Gasteiger partial charge in [-0.3, -0.25) is 4.79 Å². The molecule has 8 heteroatoms. The van der Waals surface area contributed by atoms with Crippen molar-refractivity contribution in [1.29, 1.82) is 0 Å². The lowest BCUT2D eigenvalue weighted by molar-refractivity contribution is -0.169. The molecule has 0 radical (unpaired) electrons. The highest BCUT2D eigenvalue weighted by atomic mass is 16.4. The van der Waals surface area contributed by atoms with E-state index in [9.17, 15) is 35.1 Å². The number of ketones is 1. The van der Waals surface area contributed by atoms with Gasteiger partial charge in [0, 0.05) is 6.42 Å². The van der Waals surface area contributed by atoms with E-state index in [1.807, 2.05) is 13.0 Å². The number of hydrogen-bond donors (Lipinski definition) is 6. The van der Waals surface area contributed by atoms with Gasteiger partial charge in [0.1, 0.15) is 24.4 Å². The number of aliphatic hydroxyl groups excluding tert-OH is 5. The number of allylic oxidation sites excluding steroid dienone is 2. The Balaban J connectivity index is 4.19. The van der Waals surface area contributed by atoms with E-state index in [0.717, 1.165) is 36.7 Å². The number of carboxylic acid groups (broad SMARTS) is 1. The van der Waals surface area contributed by atoms with Gasteiger partial charge in [-0.15, -0.1) is 0 Å². The molecule has 0 saturated heterocycles. The van der Waals surface area contributed by atoms with Crippen LogP contribution in [0.25, 0.3) is 0 Å². The highest BCUT2D eigenvalue weighted by molar-refractivity contribution is 5.83. The summed E-state index contributed by atoms with van der Waals surface area (Å²) in [6.07, 6.45) is 2.22. The number of Topliss-reactive ketones (excluding diaryl/α,β-unsaturated/α-hetero) is 1. The third-order valence-corrected chi connectivity index (χ3v) is 6.95. The molecule has 212 valence electrons. The van der Waals surface area contributed by atoms with Crippen LogP contribution in [0.2, 0.25) is 0 Å². The topological polar surface area (TPSA) is 156 Å². The van der Waals surface area contributed by atoms with Crippen molar-refractivity contribution in [3.05, 3.63) is 11.6 Å². The Morgan fingerprint density at radius 1 is 0.667 bits per heavy atom. The minimum atomic E-state index is -2.35. The molecule has 3 unspecified atom stereocenters. The first-order valence-corrected chi connectivity index (χ1v) is 13.6. The van der Waals surface area contributed by atoms with Crippen LogP contribution in [0.5, 0.6) is 0 Å². The second-order valence-corrected chi connectivity index (χ2v) is 11.1. The zero-order valence-electron chi connectivity index (χ0n) is 23.0. The molecule has 0 saturated carbocycles. The zero-order chi connectivity index (χ0) is 27.8. The lowest BCUT2D eigenvalue weighted by atomic mass is 9.91. The summed E-state index contributed by atoms with van der Waals surface area (Å²) < 4.78 is 0. The van der Waals surface area contributed by atoms with Gasteiger partial charge in [-0.2, -0.15) is 0 Å². The fourth-order valence-corrected chi connectivity index (χ4v) is 4.33. The van der Waals surface area contributed by atoms with Gasteiger partial charge in [-0.05, 0) is 43.9 Å². The van der Waals surface area contributed by atoms with Gasteiger partial charge in [0.05, 0.1) is 0 Å². The Labute approximate surface area is 217 Å². The van der Waals surface area contributed by atoms with Crippen LogP contribution in [0, 0.1) is 17.8 Å². The maximum atomic E-state index is 12.1. The number of aliphatic carboxylic acids is 1. The molecule has 0 amide bonds. The SMILES string of the molecule is CC(=CCCC(=O)C(O)[C@H](O)[C@@H](O)[C@H](O)[C@H](O)C(=O)O)CCCC(C)CCCC(C)CCCC(C)C. The molecule has 8 nitrogen and oxygen atoms in total. The molecule has 0 aromatic rings. The third-order valence-electron chi connectivity index (χ3n) is 6.95. The van der Waals surface area contributed by atoms with Crippen LogP contribution in [-0.2, 0) is 9.59 Å². The Kier molecular flexibility index (Phi) is 18.2. The zero-order valence-corrected chi connectivity index (χ0v) is 23.0. The molecular formula is C28H52O8. The largest absolute Gasteiger partial charge is 0.479 e. The number of carbonyl (C=O) groups excluding carboxylic acids is 1. The lowest BCUT2D eigenvalue weighted by Crippen LogP contribution is -2.52. The predicted molar refractivity (Wildman–Crippen MR) is 140 cm³/mol. The van der Waals surface area contributed by atoms with Crippen molar-refractivity contribution in [2.75, 3.05) is 0 Å². The maximum Gasteiger partial charge on any atom is 0.335 e. The van der Waals surface area contributed by atoms with Crippen LogP contribution in [0.15, 0.2) is 11.6 Å². The van der Waals surface area contributed by atoms with E-state index >= 15 is 0 Å². The maximum absolute atomic E-state index is 12.1. The van der Waals surface area contributed by atoms with Crippen molar-refractivity contribution in [1.82, 2.24) is 0 Å². The third kappa shape index (κ3) is 15.1. The molecule has 7 atom stereocenters. The van der Waals surface area contributed by atoms with Crippen LogP contribution in [0.1, 0.15) is 105 Å². The van der Waals surface area contributed by atoms with Gasteiger partial charge >= 0.3 is 5.97 Å². The smallest absolute Gasteiger partial charge is 0.335 e. The van der Waals surface area contributed by atoms with Crippen LogP contribution < -0.4 is 0 Å². The summed E-state index contributed by atoms with van der Waals surface area (Å²) in [6, 6.07) is 0. The fourth-order valence-electron chi connectivity index (χ4n) is 4.33. The summed E-state index contributed by atoms with van der Waals surface area (Å²) in [4.78, 5) is 22.8. The van der Waals surface area contributed by atoms with Gasteiger partial charge in [-0.25, -0.2) is 4.79 Å². The van der Waals surface area contributed by atoms with E-state index in [2.05, 4.69) is 27.7 Å². The first-order chi connectivity index (χ1) is 16.8. The van der Waals surface area contributed by atoms with Crippen molar-refractivity contribution < 1.29 is 40.2 Å². The van der Waals surface area contributed by atoms with Crippen molar-refractivity contribution in [3.8, 4) is 0 Å². The molecule has 6 N–H and O–H groups in total. The highest BCUT2D eigenvalue weighted by Gasteiger charge is 2.39. The van der Waals surface area contributed by atoms with Crippen molar-refractivity contribution in [2.24, 2.45) is 17.8 Å². The Morgan fingerprint density at radius 2 is 1.14 bits per heavy atom. The number of aliphatic hydroxyl groups is 5. The summed E-state index contributed by atoms with van der Waals surface area (Å²) in [5, 5.41) is 57.1. The highest BCUT2D eigenvalue weighted by Crippen LogP contribution is 2.22. The Bertz CT molecular complexity index is 647. The average Bonchev–Trinajstić information content (AvgIpc) is 2.81. The first-order valence-electron chi connectivity index (χ1n) is 13.6. The monoisotopic (exact) mass is 516 g/mol. The Morgan fingerprint density at radius 3 is 1.64 bits per heavy atom. The number of hydrogen-bond acceptors (Lipinski definition) is 7. The summed E-state index contributed by atoms with van der Waals surface area (Å²) >= 11 is 0. The summed E-state index contributed by atoms with van der Waals surface area (Å²) in [5.74, 6) is -0.272. The minimum Gasteiger partial charge on any atom is -0.479 e. The second-order valence-electron chi connectivity index (χ2n) is 11.1. The van der Waals surface area contributed by atoms with Crippen LogP contribution >= 0.6 is 0 Å². The number of carboxylic acids is 1. The van der Waals surface area contributed by atoms with Crippen molar-refractivity contribution in [3.63, 3.8) is 0 Å². The minimum absolute atomic E-state index is 0.0778. The predicted octanol–water partition coefficient (Wildman–Crippen LogP) is 3.61. The number of carbonyl (C=O) groups is 2. The molecular weight excluding hydrogens is 464 g/mol. The van der Waals surface area contributed by atoms with Gasteiger partial charge in [0.15, 0.2) is 11.9 Å². The van der Waals surface area contributed by atoms with E-state index in [0.29, 0.717) is 12.3 Å². The molecule has 0 rings (SSSR count). The van der Waals surface area contributed by atoms with E-state index in [4.69, 9.17) is 5.11 Å². The molecule has 0 aromatic heterocycles. The molecule has 0 spiro atoms. The van der Waals surface area contributed by atoms with E-state index in [-0.39, 0.29) is 6.42 Å². The molecule has 0 bridgehead atoms. The molecule has 0 heterocycles. The van der Waals surface area contributed by atoms with Crippen LogP contribution in [-0.4, -0.2) is 72.9 Å². The molecule has 0 fully saturated rings. The fraction of sp³-hybridized carbons (Fsp3) is 0.857. The van der Waals surface area contributed by atoms with Gasteiger partial charge < -0.3 is 30.6 Å². The molecule has 0 aliphatic carbocycles. The van der Waals surface area contributed by atoms with Crippen LogP contribution in [0.4, 0.5) is 0 Å². The molecule has 0 aliphatic heterocycles. The van der Waals surface area contributed by atoms with E-state index in [1.54, 1.807) is 0 Å². The normalized spacial score (nSPS) is 18.4. The van der Waals surface area contributed by atoms with Gasteiger partial charge in [0.2, 0.25) is 0 Å². The van der Waals surface area contributed by atoms with Gasteiger partial charge in [-0.1, -0.05) is 84.3 Å². The molecule has 0 aromatic carbocycles. The number of rotatable bonds is 21. The summed E-state index contributed by atoms with van der Waals surface area (Å²) in [7, 11) is 0. The quantitative estimate of drug-likeness (QED) is 0.126. The Hall–Kier alpha value is -1.32. The van der Waals surface area contributed by atoms with Crippen molar-refractivity contribution in [2.45, 2.75) is 136 Å². The van der Waals surface area contributed by atoms with E-state index in [1.165, 1.54) is 38.5 Å². The summed E-state index contributed by atoms with van der Waals surface area (Å²) in [6.45, 7) is 11.2. The van der Waals surface area contributed by atoms with Gasteiger partial charge in [0.25, 0.3) is 0 Å². The van der Waals surface area contributed by atoms with Crippen molar-refractivity contribution >= 4 is 11.8 Å². The standard InChI is InChI=1S/C28H52O8/c1-18(2)10-6-11-19(3)12-7-13-20(4)14-8-15-21(5)16-9-17-22(29)23(30)24(31)25(32)26(33)27(34)28(35)36/h16,18-20,23-27,30-34H,6-15,17H2,1-5H3,(H,35,36)/t19?,20?,23?,24-,25+,26-,27-/m0/s1. The second kappa shape index (κ2) is 18.9. The molecule has 36 heavy (non-hydrogen) atoms. The summed E-state index contributed by atoms with van der Waals surface area (Å²) in [5.41, 5.74) is 1.14. The van der Waals surface area contributed by atoms with E-state index < -0.39 is 42.3 Å². The first kappa shape index (κ1) is 34.7. The average molecular weight is 517 g/mol. The lowest BCUT2D eigenvalue weighted by Gasteiger charge is -2.27.